The molecule has 0 atom stereocenters. The number of likely N-dealkylation sites (tertiary alicyclic amines) is 1. The van der Waals surface area contributed by atoms with Crippen LogP contribution in [0, 0.1) is 5.92 Å². The zero-order chi connectivity index (χ0) is 12.1. The largest absolute Gasteiger partial charge is 0.445 e. The number of hydrogen-bond donors (Lipinski definition) is 0. The third-order valence-corrected chi connectivity index (χ3v) is 2.53. The normalized spacial score (nSPS) is 16.6. The zero-order valence-corrected chi connectivity index (χ0v) is 9.73. The summed E-state index contributed by atoms with van der Waals surface area (Å²) in [6, 6.07) is 0. The van der Waals surface area contributed by atoms with Crippen molar-refractivity contribution in [2.24, 2.45) is 5.92 Å². The zero-order valence-electron chi connectivity index (χ0n) is 9.73. The Balaban J connectivity index is 2.32. The second-order valence-corrected chi connectivity index (χ2v) is 3.94. The van der Waals surface area contributed by atoms with E-state index < -0.39 is 0 Å². The summed E-state index contributed by atoms with van der Waals surface area (Å²) in [6.45, 7) is 8.29. The van der Waals surface area contributed by atoms with Crippen molar-refractivity contribution in [3.8, 4) is 0 Å². The number of amides is 1. The van der Waals surface area contributed by atoms with Gasteiger partial charge in [-0.15, -0.1) is 0 Å². The van der Waals surface area contributed by atoms with Gasteiger partial charge >= 0.3 is 6.09 Å². The van der Waals surface area contributed by atoms with Crippen LogP contribution in [0.2, 0.25) is 0 Å². The Kier molecular flexibility index (Phi) is 4.28. The van der Waals surface area contributed by atoms with E-state index in [-0.39, 0.29) is 24.4 Å². The van der Waals surface area contributed by atoms with Crippen molar-refractivity contribution in [3.05, 3.63) is 24.3 Å². The van der Waals surface area contributed by atoms with Crippen LogP contribution in [0.25, 0.3) is 0 Å². The van der Waals surface area contributed by atoms with Crippen molar-refractivity contribution >= 4 is 11.9 Å². The second-order valence-electron chi connectivity index (χ2n) is 3.94. The molecule has 1 aliphatic heterocycles. The summed E-state index contributed by atoms with van der Waals surface area (Å²) in [5.74, 6) is 0.355. The van der Waals surface area contributed by atoms with Crippen LogP contribution in [0.4, 0.5) is 4.79 Å². The fourth-order valence-electron chi connectivity index (χ4n) is 1.46. The highest BCUT2D eigenvalue weighted by atomic mass is 16.6. The van der Waals surface area contributed by atoms with Gasteiger partial charge in [0, 0.05) is 19.0 Å². The number of ether oxygens (including phenoxy) is 1. The van der Waals surface area contributed by atoms with Gasteiger partial charge in [-0.2, -0.15) is 0 Å². The lowest BCUT2D eigenvalue weighted by Crippen LogP contribution is -2.49. The fraction of sp³-hybridized carbons (Fsp3) is 0.500. The number of rotatable bonds is 4. The van der Waals surface area contributed by atoms with Gasteiger partial charge in [-0.05, 0) is 19.4 Å². The van der Waals surface area contributed by atoms with Gasteiger partial charge < -0.3 is 9.64 Å². The quantitative estimate of drug-likeness (QED) is 0.539. The molecule has 0 bridgehead atoms. The van der Waals surface area contributed by atoms with Crippen LogP contribution in [-0.4, -0.2) is 36.5 Å². The van der Waals surface area contributed by atoms with E-state index in [9.17, 15) is 9.59 Å². The smallest absolute Gasteiger partial charge is 0.410 e. The molecule has 1 heterocycles. The van der Waals surface area contributed by atoms with Gasteiger partial charge in [0.2, 0.25) is 0 Å². The summed E-state index contributed by atoms with van der Waals surface area (Å²) in [6.07, 6.45) is 3.14. The number of allylic oxidation sites excluding steroid dienone is 1. The van der Waals surface area contributed by atoms with E-state index in [4.69, 9.17) is 4.74 Å². The lowest BCUT2D eigenvalue weighted by atomic mass is 9.97. The Bertz CT molecular complexity index is 327. The first-order chi connectivity index (χ1) is 7.54. The van der Waals surface area contributed by atoms with Gasteiger partial charge in [0.05, 0.1) is 0 Å². The molecule has 0 aromatic rings. The maximum Gasteiger partial charge on any atom is 0.410 e. The van der Waals surface area contributed by atoms with E-state index >= 15 is 0 Å². The molecule has 0 aromatic heterocycles. The number of hydrogen-bond acceptors (Lipinski definition) is 3. The standard InChI is InChI=1S/C12H17NO3/c1-4-5-16-12(15)13-7-11(8-13)6-9(2)10(3)14/h4,6,11H,1,5,7-8H2,2-3H3/b9-6+. The summed E-state index contributed by atoms with van der Waals surface area (Å²) in [5, 5.41) is 0. The first-order valence-electron chi connectivity index (χ1n) is 5.26. The van der Waals surface area contributed by atoms with Gasteiger partial charge in [0.15, 0.2) is 5.78 Å². The molecular formula is C12H17NO3. The van der Waals surface area contributed by atoms with Crippen LogP contribution in [0.15, 0.2) is 24.3 Å². The average molecular weight is 223 g/mol. The number of nitrogens with zero attached hydrogens (tertiary/aromatic N) is 1. The van der Waals surface area contributed by atoms with Crippen LogP contribution >= 0.6 is 0 Å². The predicted molar refractivity (Wildman–Crippen MR) is 61.0 cm³/mol. The lowest BCUT2D eigenvalue weighted by molar-refractivity contribution is -0.113. The molecule has 1 amide bonds. The number of ketones is 1. The fourth-order valence-corrected chi connectivity index (χ4v) is 1.46. The second kappa shape index (κ2) is 5.49. The molecule has 0 N–H and O–H groups in total. The maximum absolute atomic E-state index is 11.3. The van der Waals surface area contributed by atoms with Gasteiger partial charge in [-0.3, -0.25) is 4.79 Å². The van der Waals surface area contributed by atoms with Gasteiger partial charge in [0.1, 0.15) is 6.61 Å². The minimum Gasteiger partial charge on any atom is -0.445 e. The van der Waals surface area contributed by atoms with E-state index in [1.807, 2.05) is 6.08 Å². The minimum absolute atomic E-state index is 0.0766. The molecule has 0 saturated carbocycles. The van der Waals surface area contributed by atoms with Crippen molar-refractivity contribution in [3.63, 3.8) is 0 Å². The Hall–Kier alpha value is -1.58. The predicted octanol–water partition coefficient (Wildman–Crippen LogP) is 1.78. The highest BCUT2D eigenvalue weighted by Crippen LogP contribution is 2.19. The molecule has 88 valence electrons. The van der Waals surface area contributed by atoms with Crippen molar-refractivity contribution in [1.29, 1.82) is 0 Å². The topological polar surface area (TPSA) is 46.6 Å². The summed E-state index contributed by atoms with van der Waals surface area (Å²) < 4.78 is 4.88. The summed E-state index contributed by atoms with van der Waals surface area (Å²) in [4.78, 5) is 23.9. The number of carbonyl (C=O) groups is 2. The maximum atomic E-state index is 11.3. The third-order valence-electron chi connectivity index (χ3n) is 2.53. The van der Waals surface area contributed by atoms with Crippen molar-refractivity contribution in [2.75, 3.05) is 19.7 Å². The number of carbonyl (C=O) groups excluding carboxylic acids is 2. The summed E-state index contributed by atoms with van der Waals surface area (Å²) >= 11 is 0. The first-order valence-corrected chi connectivity index (χ1v) is 5.26. The van der Waals surface area contributed by atoms with E-state index in [0.29, 0.717) is 13.1 Å². The molecular weight excluding hydrogens is 206 g/mol. The molecule has 0 radical (unpaired) electrons. The van der Waals surface area contributed by atoms with E-state index in [2.05, 4.69) is 6.58 Å². The van der Waals surface area contributed by atoms with Gasteiger partial charge in [0.25, 0.3) is 0 Å². The summed E-state index contributed by atoms with van der Waals surface area (Å²) in [7, 11) is 0. The molecule has 1 fully saturated rings. The Morgan fingerprint density at radius 1 is 1.44 bits per heavy atom. The summed E-state index contributed by atoms with van der Waals surface area (Å²) in [5.41, 5.74) is 0.754. The highest BCUT2D eigenvalue weighted by Gasteiger charge is 2.30. The molecule has 4 heteroatoms. The third kappa shape index (κ3) is 3.22. The van der Waals surface area contributed by atoms with E-state index in [1.54, 1.807) is 18.7 Å². The van der Waals surface area contributed by atoms with Crippen molar-refractivity contribution in [1.82, 2.24) is 4.90 Å². The molecule has 0 aliphatic carbocycles. The van der Waals surface area contributed by atoms with Crippen LogP contribution in [0.1, 0.15) is 13.8 Å². The minimum atomic E-state index is -0.315. The van der Waals surface area contributed by atoms with Crippen molar-refractivity contribution < 1.29 is 14.3 Å². The molecule has 1 rings (SSSR count). The molecule has 1 aliphatic rings. The number of Topliss-reactive ketones (excluding diaryl/α,β-unsaturated/α-hetero) is 1. The van der Waals surface area contributed by atoms with Crippen LogP contribution in [0.3, 0.4) is 0 Å². The van der Waals surface area contributed by atoms with Gasteiger partial charge in [-0.25, -0.2) is 4.79 Å². The van der Waals surface area contributed by atoms with Gasteiger partial charge in [-0.1, -0.05) is 18.7 Å². The highest BCUT2D eigenvalue weighted by molar-refractivity contribution is 5.92. The molecule has 16 heavy (non-hydrogen) atoms. The van der Waals surface area contributed by atoms with E-state index in [1.165, 1.54) is 6.08 Å². The first kappa shape index (κ1) is 12.5. The molecule has 0 aromatic carbocycles. The Morgan fingerprint density at radius 2 is 2.06 bits per heavy atom. The van der Waals surface area contributed by atoms with Crippen LogP contribution in [-0.2, 0) is 9.53 Å². The Labute approximate surface area is 95.6 Å². The van der Waals surface area contributed by atoms with E-state index in [0.717, 1.165) is 5.57 Å². The SMILES string of the molecule is C=CCOC(=O)N1CC(/C=C(\C)C(C)=O)C1. The monoisotopic (exact) mass is 223 g/mol. The average Bonchev–Trinajstić information content (AvgIpc) is 2.18. The Morgan fingerprint density at radius 3 is 2.56 bits per heavy atom. The lowest BCUT2D eigenvalue weighted by Gasteiger charge is -2.36. The van der Waals surface area contributed by atoms with Crippen LogP contribution < -0.4 is 0 Å². The van der Waals surface area contributed by atoms with Crippen molar-refractivity contribution in [2.45, 2.75) is 13.8 Å². The molecule has 0 unspecified atom stereocenters. The molecule has 1 saturated heterocycles. The molecule has 4 nitrogen and oxygen atoms in total. The van der Waals surface area contributed by atoms with Crippen LogP contribution in [0.5, 0.6) is 0 Å². The molecule has 0 spiro atoms.